The van der Waals surface area contributed by atoms with Crippen molar-refractivity contribution in [3.8, 4) is 0 Å². The van der Waals surface area contributed by atoms with Crippen molar-refractivity contribution in [2.24, 2.45) is 0 Å². The van der Waals surface area contributed by atoms with Crippen molar-refractivity contribution in [1.29, 1.82) is 0 Å². The van der Waals surface area contributed by atoms with Crippen LogP contribution in [0.2, 0.25) is 0 Å². The minimum Gasteiger partial charge on any atom is -0.329 e. The first kappa shape index (κ1) is 8.48. The topological polar surface area (TPSA) is 71.2 Å². The fourth-order valence-electron chi connectivity index (χ4n) is 0.737. The number of pyridine rings is 1. The molecule has 0 saturated heterocycles. The number of amides is 1. The Bertz CT molecular complexity index is 331. The Morgan fingerprint density at radius 2 is 2.42 bits per heavy atom. The average Bonchev–Trinajstić information content (AvgIpc) is 2.05. The molecule has 0 atom stereocenters. The summed E-state index contributed by atoms with van der Waals surface area (Å²) in [5.74, 6) is -0.441. The van der Waals surface area contributed by atoms with Gasteiger partial charge in [-0.05, 0) is 6.07 Å². The second kappa shape index (κ2) is 3.68. The molecule has 1 aromatic heterocycles. The van der Waals surface area contributed by atoms with Gasteiger partial charge in [-0.25, -0.2) is 5.48 Å². The van der Waals surface area contributed by atoms with Gasteiger partial charge in [-0.1, -0.05) is 0 Å². The highest BCUT2D eigenvalue weighted by molar-refractivity contribution is 5.93. The van der Waals surface area contributed by atoms with Crippen molar-refractivity contribution in [2.75, 3.05) is 7.11 Å². The Morgan fingerprint density at radius 1 is 1.67 bits per heavy atom. The van der Waals surface area contributed by atoms with Crippen LogP contribution in [0.5, 0.6) is 0 Å². The Balaban J connectivity index is 2.88. The molecule has 0 spiro atoms. The van der Waals surface area contributed by atoms with Crippen LogP contribution in [0.15, 0.2) is 23.1 Å². The van der Waals surface area contributed by atoms with Gasteiger partial charge in [0.1, 0.15) is 0 Å². The maximum atomic E-state index is 11.0. The number of H-pyrrole nitrogens is 1. The summed E-state index contributed by atoms with van der Waals surface area (Å²) < 4.78 is 0. The van der Waals surface area contributed by atoms with E-state index < -0.39 is 5.91 Å². The summed E-state index contributed by atoms with van der Waals surface area (Å²) >= 11 is 0. The van der Waals surface area contributed by atoms with Gasteiger partial charge in [0.15, 0.2) is 0 Å². The maximum absolute atomic E-state index is 11.0. The minimum absolute atomic E-state index is 0.264. The lowest BCUT2D eigenvalue weighted by atomic mass is 10.2. The Morgan fingerprint density at radius 3 is 3.00 bits per heavy atom. The molecule has 64 valence electrons. The summed E-state index contributed by atoms with van der Waals surface area (Å²) in [5, 5.41) is 0. The first-order chi connectivity index (χ1) is 5.74. The van der Waals surface area contributed by atoms with E-state index in [1.54, 1.807) is 0 Å². The first-order valence-electron chi connectivity index (χ1n) is 3.26. The number of nitrogens with one attached hydrogen (secondary N) is 2. The van der Waals surface area contributed by atoms with Crippen LogP contribution >= 0.6 is 0 Å². The third kappa shape index (κ3) is 1.93. The van der Waals surface area contributed by atoms with Crippen molar-refractivity contribution in [3.63, 3.8) is 0 Å². The van der Waals surface area contributed by atoms with Gasteiger partial charge >= 0.3 is 0 Å². The molecule has 0 bridgehead atoms. The van der Waals surface area contributed by atoms with Gasteiger partial charge in [-0.15, -0.1) is 0 Å². The number of hydroxylamine groups is 1. The molecule has 0 aliphatic rings. The summed E-state index contributed by atoms with van der Waals surface area (Å²) in [6, 6.07) is 2.67. The number of hydrogen-bond acceptors (Lipinski definition) is 3. The number of carbonyl (C=O) groups is 1. The van der Waals surface area contributed by atoms with Crippen LogP contribution in [0.25, 0.3) is 0 Å². The van der Waals surface area contributed by atoms with Gasteiger partial charge < -0.3 is 4.98 Å². The summed E-state index contributed by atoms with van der Waals surface area (Å²) in [5.41, 5.74) is 2.04. The Labute approximate surface area is 68.3 Å². The molecule has 1 amide bonds. The quantitative estimate of drug-likeness (QED) is 0.594. The molecule has 0 aliphatic heterocycles. The van der Waals surface area contributed by atoms with E-state index in [2.05, 4.69) is 15.3 Å². The zero-order chi connectivity index (χ0) is 8.97. The Kier molecular flexibility index (Phi) is 2.60. The fourth-order valence-corrected chi connectivity index (χ4v) is 0.737. The van der Waals surface area contributed by atoms with E-state index in [-0.39, 0.29) is 11.1 Å². The van der Waals surface area contributed by atoms with Gasteiger partial charge in [-0.3, -0.25) is 14.4 Å². The molecular weight excluding hydrogens is 160 g/mol. The third-order valence-electron chi connectivity index (χ3n) is 1.23. The molecule has 0 fully saturated rings. The third-order valence-corrected chi connectivity index (χ3v) is 1.23. The monoisotopic (exact) mass is 168 g/mol. The van der Waals surface area contributed by atoms with Gasteiger partial charge in [-0.2, -0.15) is 0 Å². The van der Waals surface area contributed by atoms with Gasteiger partial charge in [0, 0.05) is 17.8 Å². The maximum Gasteiger partial charge on any atom is 0.275 e. The molecule has 0 radical (unpaired) electrons. The number of hydrogen-bond donors (Lipinski definition) is 2. The predicted molar refractivity (Wildman–Crippen MR) is 41.5 cm³/mol. The zero-order valence-electron chi connectivity index (χ0n) is 6.46. The van der Waals surface area contributed by atoms with Crippen LogP contribution in [0.3, 0.4) is 0 Å². The molecule has 1 rings (SSSR count). The second-order valence-corrected chi connectivity index (χ2v) is 2.08. The van der Waals surface area contributed by atoms with Crippen LogP contribution < -0.4 is 11.0 Å². The minimum atomic E-state index is -0.441. The SMILES string of the molecule is CONC(=O)c1cc[nH]c(=O)c1. The molecule has 2 N–H and O–H groups in total. The summed E-state index contributed by atoms with van der Waals surface area (Å²) in [4.78, 5) is 28.5. The molecule has 0 unspecified atom stereocenters. The van der Waals surface area contributed by atoms with E-state index in [1.165, 1.54) is 25.4 Å². The highest BCUT2D eigenvalue weighted by Gasteiger charge is 2.03. The van der Waals surface area contributed by atoms with Crippen molar-refractivity contribution in [3.05, 3.63) is 34.2 Å². The summed E-state index contributed by atoms with van der Waals surface area (Å²) in [7, 11) is 1.32. The normalized spacial score (nSPS) is 9.42. The predicted octanol–water partition coefficient (Wildman–Crippen LogP) is -0.334. The van der Waals surface area contributed by atoms with E-state index in [0.717, 1.165) is 0 Å². The van der Waals surface area contributed by atoms with E-state index in [4.69, 9.17) is 0 Å². The smallest absolute Gasteiger partial charge is 0.275 e. The lowest BCUT2D eigenvalue weighted by molar-refractivity contribution is 0.0537. The van der Waals surface area contributed by atoms with Crippen molar-refractivity contribution in [1.82, 2.24) is 10.5 Å². The number of aromatic nitrogens is 1. The van der Waals surface area contributed by atoms with E-state index in [9.17, 15) is 9.59 Å². The van der Waals surface area contributed by atoms with E-state index in [0.29, 0.717) is 0 Å². The van der Waals surface area contributed by atoms with Gasteiger partial charge in [0.25, 0.3) is 5.91 Å². The standard InChI is InChI=1S/C7H8N2O3/c1-12-9-7(11)5-2-3-8-6(10)4-5/h2-4H,1H3,(H,8,10)(H,9,11). The van der Waals surface area contributed by atoms with Gasteiger partial charge in [0.05, 0.1) is 7.11 Å². The Hall–Kier alpha value is -1.62. The molecular formula is C7H8N2O3. The zero-order valence-corrected chi connectivity index (χ0v) is 6.46. The van der Waals surface area contributed by atoms with Gasteiger partial charge in [0.2, 0.25) is 5.56 Å². The molecule has 0 aromatic carbocycles. The van der Waals surface area contributed by atoms with Crippen LogP contribution in [0.4, 0.5) is 0 Å². The highest BCUT2D eigenvalue weighted by atomic mass is 16.6. The molecule has 0 aliphatic carbocycles. The molecule has 1 aromatic rings. The van der Waals surface area contributed by atoms with Crippen LogP contribution in [-0.4, -0.2) is 18.0 Å². The molecule has 5 nitrogen and oxygen atoms in total. The summed E-state index contributed by atoms with van der Waals surface area (Å²) in [6.45, 7) is 0. The van der Waals surface area contributed by atoms with Crippen LogP contribution in [0.1, 0.15) is 10.4 Å². The fraction of sp³-hybridized carbons (Fsp3) is 0.143. The second-order valence-electron chi connectivity index (χ2n) is 2.08. The number of rotatable bonds is 2. The van der Waals surface area contributed by atoms with Crippen molar-refractivity contribution < 1.29 is 9.63 Å². The number of carbonyl (C=O) groups excluding carboxylic acids is 1. The van der Waals surface area contributed by atoms with E-state index in [1.807, 2.05) is 0 Å². The molecule has 0 saturated carbocycles. The summed E-state index contributed by atoms with van der Waals surface area (Å²) in [6.07, 6.45) is 1.40. The van der Waals surface area contributed by atoms with Crippen molar-refractivity contribution in [2.45, 2.75) is 0 Å². The molecule has 1 heterocycles. The lowest BCUT2D eigenvalue weighted by Gasteiger charge is -1.99. The largest absolute Gasteiger partial charge is 0.329 e. The van der Waals surface area contributed by atoms with Crippen LogP contribution in [-0.2, 0) is 4.84 Å². The highest BCUT2D eigenvalue weighted by Crippen LogP contribution is 1.91. The van der Waals surface area contributed by atoms with E-state index >= 15 is 0 Å². The van der Waals surface area contributed by atoms with Crippen molar-refractivity contribution >= 4 is 5.91 Å². The van der Waals surface area contributed by atoms with Crippen LogP contribution in [0, 0.1) is 0 Å². The lowest BCUT2D eigenvalue weighted by Crippen LogP contribution is -2.23. The molecule has 12 heavy (non-hydrogen) atoms. The average molecular weight is 168 g/mol. The molecule has 5 heteroatoms. The first-order valence-corrected chi connectivity index (χ1v) is 3.26. The number of aromatic amines is 1.